The molecule has 0 amide bonds. The van der Waals surface area contributed by atoms with Crippen molar-refractivity contribution in [3.05, 3.63) is 16.6 Å². The molecule has 0 aliphatic carbocycles. The summed E-state index contributed by atoms with van der Waals surface area (Å²) in [6, 6.07) is 1.01. The molecular weight excluding hydrogens is 206 g/mol. The van der Waals surface area contributed by atoms with Gasteiger partial charge in [0.05, 0.1) is 11.2 Å². The average molecular weight is 225 g/mol. The van der Waals surface area contributed by atoms with Crippen molar-refractivity contribution in [2.24, 2.45) is 0 Å². The molecule has 3 nitrogen and oxygen atoms in total. The van der Waals surface area contributed by atoms with E-state index in [0.29, 0.717) is 12.1 Å². The molecule has 2 rings (SSSR count). The van der Waals surface area contributed by atoms with Crippen LogP contribution in [0.3, 0.4) is 0 Å². The molecule has 1 aliphatic rings. The predicted molar refractivity (Wildman–Crippen MR) is 64.2 cm³/mol. The molecule has 0 bridgehead atoms. The van der Waals surface area contributed by atoms with Crippen LogP contribution in [0.2, 0.25) is 0 Å². The summed E-state index contributed by atoms with van der Waals surface area (Å²) in [7, 11) is 2.20. The van der Waals surface area contributed by atoms with Crippen LogP contribution in [0, 0.1) is 0 Å². The maximum atomic E-state index is 4.34. The maximum absolute atomic E-state index is 4.34. The summed E-state index contributed by atoms with van der Waals surface area (Å²) in [6.45, 7) is 4.60. The van der Waals surface area contributed by atoms with Crippen LogP contribution in [0.4, 0.5) is 0 Å². The first-order valence-corrected chi connectivity index (χ1v) is 6.52. The third-order valence-electron chi connectivity index (χ3n) is 3.01. The van der Waals surface area contributed by atoms with E-state index < -0.39 is 0 Å². The van der Waals surface area contributed by atoms with E-state index in [2.05, 4.69) is 34.6 Å². The molecule has 0 spiro atoms. The van der Waals surface area contributed by atoms with Crippen LogP contribution in [-0.2, 0) is 0 Å². The molecule has 1 aromatic rings. The van der Waals surface area contributed by atoms with Gasteiger partial charge in [-0.3, -0.25) is 0 Å². The van der Waals surface area contributed by atoms with E-state index in [9.17, 15) is 0 Å². The highest BCUT2D eigenvalue weighted by Gasteiger charge is 2.19. The molecular formula is C11H19N3S. The molecule has 84 valence electrons. The quantitative estimate of drug-likeness (QED) is 0.851. The molecule has 1 aromatic heterocycles. The van der Waals surface area contributed by atoms with Crippen molar-refractivity contribution in [3.8, 4) is 0 Å². The van der Waals surface area contributed by atoms with Crippen LogP contribution in [-0.4, -0.2) is 36.1 Å². The summed E-state index contributed by atoms with van der Waals surface area (Å²) in [5, 5.41) is 5.78. The number of likely N-dealkylation sites (tertiary alicyclic amines) is 1. The summed E-state index contributed by atoms with van der Waals surface area (Å²) < 4.78 is 0. The molecule has 2 atom stereocenters. The molecule has 2 unspecified atom stereocenters. The van der Waals surface area contributed by atoms with Crippen LogP contribution in [0.5, 0.6) is 0 Å². The van der Waals surface area contributed by atoms with E-state index in [0.717, 1.165) is 6.54 Å². The van der Waals surface area contributed by atoms with Crippen LogP contribution in [0.1, 0.15) is 31.5 Å². The zero-order chi connectivity index (χ0) is 10.7. The first-order valence-electron chi connectivity index (χ1n) is 5.58. The van der Waals surface area contributed by atoms with Crippen molar-refractivity contribution in [2.45, 2.75) is 31.8 Å². The van der Waals surface area contributed by atoms with E-state index in [1.54, 1.807) is 11.3 Å². The minimum atomic E-state index is 0.382. The third kappa shape index (κ3) is 3.00. The highest BCUT2D eigenvalue weighted by molar-refractivity contribution is 7.07. The molecule has 2 heterocycles. The highest BCUT2D eigenvalue weighted by atomic mass is 32.1. The first-order chi connectivity index (χ1) is 7.25. The Labute approximate surface area is 95.5 Å². The van der Waals surface area contributed by atoms with Gasteiger partial charge in [0.1, 0.15) is 0 Å². The molecule has 1 fully saturated rings. The van der Waals surface area contributed by atoms with E-state index in [1.165, 1.54) is 25.1 Å². The fraction of sp³-hybridized carbons (Fsp3) is 0.727. The molecule has 15 heavy (non-hydrogen) atoms. The molecule has 0 radical (unpaired) electrons. The Kier molecular flexibility index (Phi) is 3.72. The lowest BCUT2D eigenvalue weighted by molar-refractivity contribution is 0.218. The monoisotopic (exact) mass is 225 g/mol. The predicted octanol–water partition coefficient (Wildman–Crippen LogP) is 1.89. The van der Waals surface area contributed by atoms with Gasteiger partial charge in [0, 0.05) is 24.0 Å². The minimum absolute atomic E-state index is 0.382. The number of aromatic nitrogens is 1. The zero-order valence-electron chi connectivity index (χ0n) is 9.44. The Bertz CT molecular complexity index is 286. The van der Waals surface area contributed by atoms with Crippen molar-refractivity contribution in [1.29, 1.82) is 0 Å². The summed E-state index contributed by atoms with van der Waals surface area (Å²) >= 11 is 1.67. The van der Waals surface area contributed by atoms with Crippen LogP contribution < -0.4 is 5.32 Å². The number of hydrogen-bond donors (Lipinski definition) is 1. The number of likely N-dealkylation sites (N-methyl/N-ethyl adjacent to an activating group) is 1. The van der Waals surface area contributed by atoms with E-state index in [1.807, 2.05) is 5.51 Å². The van der Waals surface area contributed by atoms with Crippen molar-refractivity contribution < 1.29 is 0 Å². The van der Waals surface area contributed by atoms with Crippen molar-refractivity contribution >= 4 is 11.3 Å². The number of nitrogens with zero attached hydrogens (tertiary/aromatic N) is 2. The second-order valence-corrected chi connectivity index (χ2v) is 5.12. The number of thiazole rings is 1. The number of nitrogens with one attached hydrogen (secondary N) is 1. The van der Waals surface area contributed by atoms with Gasteiger partial charge >= 0.3 is 0 Å². The lowest BCUT2D eigenvalue weighted by Crippen LogP contribution is -2.44. The van der Waals surface area contributed by atoms with Crippen molar-refractivity contribution in [1.82, 2.24) is 15.2 Å². The van der Waals surface area contributed by atoms with Crippen LogP contribution in [0.25, 0.3) is 0 Å². The fourth-order valence-electron chi connectivity index (χ4n) is 2.18. The summed E-state index contributed by atoms with van der Waals surface area (Å²) in [5.74, 6) is 0. The Hall–Kier alpha value is -0.450. The van der Waals surface area contributed by atoms with Gasteiger partial charge in [-0.15, -0.1) is 11.3 Å². The van der Waals surface area contributed by atoms with E-state index >= 15 is 0 Å². The SMILES string of the molecule is CC(NC1CCCN(C)C1)c1cscn1. The van der Waals surface area contributed by atoms with Gasteiger partial charge < -0.3 is 10.2 Å². The van der Waals surface area contributed by atoms with Gasteiger partial charge in [0.2, 0.25) is 0 Å². The van der Waals surface area contributed by atoms with Gasteiger partial charge in [-0.05, 0) is 33.4 Å². The van der Waals surface area contributed by atoms with Crippen molar-refractivity contribution in [2.75, 3.05) is 20.1 Å². The van der Waals surface area contributed by atoms with Gasteiger partial charge in [-0.2, -0.15) is 0 Å². The van der Waals surface area contributed by atoms with Crippen molar-refractivity contribution in [3.63, 3.8) is 0 Å². The molecule has 1 N–H and O–H groups in total. The van der Waals surface area contributed by atoms with E-state index in [4.69, 9.17) is 0 Å². The Morgan fingerprint density at radius 2 is 2.53 bits per heavy atom. The smallest absolute Gasteiger partial charge is 0.0795 e. The van der Waals surface area contributed by atoms with Crippen LogP contribution in [0.15, 0.2) is 10.9 Å². The summed E-state index contributed by atoms with van der Waals surface area (Å²) in [4.78, 5) is 6.74. The summed E-state index contributed by atoms with van der Waals surface area (Å²) in [6.07, 6.45) is 2.59. The van der Waals surface area contributed by atoms with Gasteiger partial charge in [0.15, 0.2) is 0 Å². The highest BCUT2D eigenvalue weighted by Crippen LogP contribution is 2.16. The minimum Gasteiger partial charge on any atom is -0.305 e. The molecule has 0 saturated carbocycles. The lowest BCUT2D eigenvalue weighted by Gasteiger charge is -2.32. The largest absolute Gasteiger partial charge is 0.305 e. The summed E-state index contributed by atoms with van der Waals surface area (Å²) in [5.41, 5.74) is 3.08. The van der Waals surface area contributed by atoms with Gasteiger partial charge in [-0.1, -0.05) is 0 Å². The number of piperidine rings is 1. The molecule has 1 aliphatic heterocycles. The Morgan fingerprint density at radius 1 is 1.67 bits per heavy atom. The third-order valence-corrected chi connectivity index (χ3v) is 3.61. The fourth-order valence-corrected chi connectivity index (χ4v) is 2.82. The first kappa shape index (κ1) is 11.0. The topological polar surface area (TPSA) is 28.2 Å². The normalized spacial score (nSPS) is 25.3. The second kappa shape index (κ2) is 5.05. The zero-order valence-corrected chi connectivity index (χ0v) is 10.3. The Morgan fingerprint density at radius 3 is 3.20 bits per heavy atom. The molecule has 0 aromatic carbocycles. The molecule has 4 heteroatoms. The molecule has 1 saturated heterocycles. The van der Waals surface area contributed by atoms with Gasteiger partial charge in [-0.25, -0.2) is 4.98 Å². The standard InChI is InChI=1S/C11H19N3S/c1-9(11-7-15-8-12-11)13-10-4-3-5-14(2)6-10/h7-10,13H,3-6H2,1-2H3. The lowest BCUT2D eigenvalue weighted by atomic mass is 10.1. The van der Waals surface area contributed by atoms with Gasteiger partial charge in [0.25, 0.3) is 0 Å². The number of rotatable bonds is 3. The average Bonchev–Trinajstić information content (AvgIpc) is 2.70. The number of hydrogen-bond acceptors (Lipinski definition) is 4. The van der Waals surface area contributed by atoms with E-state index in [-0.39, 0.29) is 0 Å². The maximum Gasteiger partial charge on any atom is 0.0795 e. The van der Waals surface area contributed by atoms with Crippen LogP contribution >= 0.6 is 11.3 Å². The second-order valence-electron chi connectivity index (χ2n) is 4.40. The Balaban J connectivity index is 1.86.